The molecule has 5 aromatic carbocycles. The van der Waals surface area contributed by atoms with Gasteiger partial charge in [-0.05, 0) is 140 Å². The number of fused-ring (bicyclic) bond motifs is 4. The second-order valence-corrected chi connectivity index (χ2v) is 16.3. The first-order valence-electron chi connectivity index (χ1n) is 21.5. The number of hydrogen-bond donors (Lipinski definition) is 3. The molecule has 4 aliphatic rings. The maximum absolute atomic E-state index is 5.36. The molecule has 6 aromatic rings. The van der Waals surface area contributed by atoms with E-state index in [0.717, 1.165) is 29.9 Å². The first kappa shape index (κ1) is 42.7. The van der Waals surface area contributed by atoms with Crippen LogP contribution in [0.1, 0.15) is 65.2 Å². The molecule has 3 nitrogen and oxygen atoms in total. The van der Waals surface area contributed by atoms with E-state index in [9.17, 15) is 0 Å². The average Bonchev–Trinajstić information content (AvgIpc) is 3.97. The number of anilines is 1. The Balaban J connectivity index is 0.000000151. The molecule has 6 N–H and O–H groups in total. The number of aromatic nitrogens is 1. The van der Waals surface area contributed by atoms with E-state index in [-0.39, 0.29) is 6.15 Å². The van der Waals surface area contributed by atoms with Crippen molar-refractivity contribution in [1.29, 1.82) is 0 Å². The van der Waals surface area contributed by atoms with Crippen molar-refractivity contribution in [2.75, 3.05) is 5.73 Å². The molecule has 0 spiro atoms. The Morgan fingerprint density at radius 2 is 1.36 bits per heavy atom. The van der Waals surface area contributed by atoms with E-state index in [2.05, 4.69) is 171 Å². The molecule has 4 unspecified atom stereocenters. The zero-order valence-electron chi connectivity index (χ0n) is 35.1. The van der Waals surface area contributed by atoms with Gasteiger partial charge in [-0.1, -0.05) is 170 Å². The molecule has 4 atom stereocenters. The zero-order chi connectivity index (χ0) is 39.9. The van der Waals surface area contributed by atoms with E-state index in [0.29, 0.717) is 5.92 Å². The summed E-state index contributed by atoms with van der Waals surface area (Å²) in [7, 11) is 0. The predicted molar refractivity (Wildman–Crippen MR) is 258 cm³/mol. The molecule has 1 heterocycles. The van der Waals surface area contributed by atoms with E-state index < -0.39 is 0 Å². The molecule has 1 saturated carbocycles. The van der Waals surface area contributed by atoms with E-state index in [1.54, 1.807) is 0 Å². The molecular formula is C56H63N3. The van der Waals surface area contributed by atoms with Crippen LogP contribution < -0.4 is 11.9 Å². The van der Waals surface area contributed by atoms with Crippen molar-refractivity contribution in [3.63, 3.8) is 0 Å². The summed E-state index contributed by atoms with van der Waals surface area (Å²) in [6.07, 6.45) is 33.8. The van der Waals surface area contributed by atoms with Crippen LogP contribution >= 0.6 is 0 Å². The van der Waals surface area contributed by atoms with Crippen molar-refractivity contribution < 1.29 is 0 Å². The second-order valence-electron chi connectivity index (χ2n) is 16.3. The van der Waals surface area contributed by atoms with Gasteiger partial charge in [-0.25, -0.2) is 0 Å². The molecule has 302 valence electrons. The number of allylic oxidation sites excluding steroid dienone is 12. The zero-order valence-corrected chi connectivity index (χ0v) is 35.1. The third kappa shape index (κ3) is 12.8. The Bertz CT molecular complexity index is 2390. The summed E-state index contributed by atoms with van der Waals surface area (Å²) in [4.78, 5) is 3.49. The van der Waals surface area contributed by atoms with Crippen molar-refractivity contribution in [2.24, 2.45) is 23.7 Å². The Hall–Kier alpha value is -5.90. The lowest BCUT2D eigenvalue weighted by molar-refractivity contribution is 0.584. The van der Waals surface area contributed by atoms with Gasteiger partial charge in [-0.15, -0.1) is 0 Å². The third-order valence-corrected chi connectivity index (χ3v) is 11.6. The Morgan fingerprint density at radius 1 is 0.678 bits per heavy atom. The molecule has 59 heavy (non-hydrogen) atoms. The standard InChI is InChI=1S/C24H17N.C19H24.C7H12.C6H7N.H3N/c1-2-6-17(7-3-1)18-10-12-19(13-11-18)20-14-15-24-22(16-20)21-8-4-5-9-23(21)25-24;1-15(7-9-16-5-3-2-4-6-16)8-10-17-11-12-18-14-19(18)13-17;1-7-5-3-2-4-6-7;7-6-4-2-1-3-5-6;/h1-16,25H;3,5-8,10-12,17-19H,2,4,9,13-14H2,1H3;3,5,7H,2,4,6H2,1H3;1-5H,7H2;1H3/b;10-8+,15-7-;;;. The Morgan fingerprint density at radius 3 is 2.00 bits per heavy atom. The van der Waals surface area contributed by atoms with Gasteiger partial charge in [0.25, 0.3) is 0 Å². The monoisotopic (exact) mass is 778 g/mol. The molecule has 0 amide bonds. The van der Waals surface area contributed by atoms with Crippen LogP contribution in [0.2, 0.25) is 0 Å². The molecule has 0 saturated heterocycles. The van der Waals surface area contributed by atoms with Crippen LogP contribution in [-0.4, -0.2) is 4.98 Å². The highest BCUT2D eigenvalue weighted by Crippen LogP contribution is 2.48. The van der Waals surface area contributed by atoms with Crippen LogP contribution in [0.3, 0.4) is 0 Å². The van der Waals surface area contributed by atoms with E-state index >= 15 is 0 Å². The number of H-pyrrole nitrogens is 1. The third-order valence-electron chi connectivity index (χ3n) is 11.6. The summed E-state index contributed by atoms with van der Waals surface area (Å²) in [6.45, 7) is 4.49. The quantitative estimate of drug-likeness (QED) is 0.0895. The van der Waals surface area contributed by atoms with Gasteiger partial charge in [-0.3, -0.25) is 0 Å². The molecular weight excluding hydrogens is 715 g/mol. The fourth-order valence-corrected chi connectivity index (χ4v) is 8.02. The van der Waals surface area contributed by atoms with Crippen LogP contribution in [0.25, 0.3) is 44.1 Å². The highest BCUT2D eigenvalue weighted by atomic mass is 14.7. The molecule has 4 aliphatic carbocycles. The predicted octanol–water partition coefficient (Wildman–Crippen LogP) is 15.8. The van der Waals surface area contributed by atoms with Crippen LogP contribution in [0, 0.1) is 23.7 Å². The van der Waals surface area contributed by atoms with Crippen molar-refractivity contribution in [3.05, 3.63) is 199 Å². The molecule has 10 rings (SSSR count). The molecule has 1 fully saturated rings. The van der Waals surface area contributed by atoms with Gasteiger partial charge in [0.2, 0.25) is 0 Å². The van der Waals surface area contributed by atoms with Gasteiger partial charge >= 0.3 is 0 Å². The summed E-state index contributed by atoms with van der Waals surface area (Å²) in [6, 6.07) is 43.9. The second kappa shape index (κ2) is 21.7. The topological polar surface area (TPSA) is 76.8 Å². The molecule has 3 heteroatoms. The number of rotatable bonds is 6. The number of nitrogen functional groups attached to an aromatic ring is 1. The minimum absolute atomic E-state index is 0. The smallest absolute Gasteiger partial charge is 0.0465 e. The number of hydrogen-bond acceptors (Lipinski definition) is 2. The van der Waals surface area contributed by atoms with E-state index in [1.807, 2.05) is 36.4 Å². The largest absolute Gasteiger partial charge is 0.399 e. The fraction of sp³-hybridized carbons (Fsp3) is 0.250. The van der Waals surface area contributed by atoms with Gasteiger partial charge in [0.1, 0.15) is 0 Å². The lowest BCUT2D eigenvalue weighted by atomic mass is 9.94. The average molecular weight is 778 g/mol. The number of nitrogens with two attached hydrogens (primary N) is 1. The molecule has 0 aliphatic heterocycles. The van der Waals surface area contributed by atoms with E-state index in [1.165, 1.54) is 100 Å². The number of nitrogens with one attached hydrogen (secondary N) is 1. The fourth-order valence-electron chi connectivity index (χ4n) is 8.02. The van der Waals surface area contributed by atoms with Crippen molar-refractivity contribution in [1.82, 2.24) is 11.1 Å². The minimum Gasteiger partial charge on any atom is -0.399 e. The van der Waals surface area contributed by atoms with Crippen LogP contribution in [0.4, 0.5) is 5.69 Å². The first-order chi connectivity index (χ1) is 28.5. The van der Waals surface area contributed by atoms with Crippen molar-refractivity contribution in [2.45, 2.75) is 65.2 Å². The van der Waals surface area contributed by atoms with Crippen molar-refractivity contribution in [3.8, 4) is 22.3 Å². The van der Waals surface area contributed by atoms with Gasteiger partial charge in [0.05, 0.1) is 0 Å². The lowest BCUT2D eigenvalue weighted by Gasteiger charge is -2.11. The SMILES string of the molecule is CC(=C/CC1=CCCC=C1)/C=C/C1C=CC2CC2C1.CC1C=CCCC1.N.Nc1ccccc1.c1ccc(-c2ccc(-c3ccc4[nH]c5ccccc5c4c3)cc2)cc1. The highest BCUT2D eigenvalue weighted by molar-refractivity contribution is 6.08. The van der Waals surface area contributed by atoms with Gasteiger partial charge < -0.3 is 16.9 Å². The highest BCUT2D eigenvalue weighted by Gasteiger charge is 2.38. The number of para-hydroxylation sites is 2. The molecule has 0 radical (unpaired) electrons. The van der Waals surface area contributed by atoms with E-state index in [4.69, 9.17) is 5.73 Å². The maximum Gasteiger partial charge on any atom is 0.0465 e. The summed E-state index contributed by atoms with van der Waals surface area (Å²) in [5.74, 6) is 3.47. The Labute approximate surface area is 353 Å². The summed E-state index contributed by atoms with van der Waals surface area (Å²) >= 11 is 0. The number of aromatic amines is 1. The van der Waals surface area contributed by atoms with Gasteiger partial charge in [-0.2, -0.15) is 0 Å². The Kier molecular flexibility index (Phi) is 15.7. The van der Waals surface area contributed by atoms with Crippen LogP contribution in [-0.2, 0) is 0 Å². The summed E-state index contributed by atoms with van der Waals surface area (Å²) < 4.78 is 0. The van der Waals surface area contributed by atoms with Gasteiger partial charge in [0, 0.05) is 27.5 Å². The summed E-state index contributed by atoms with van der Waals surface area (Å²) in [5, 5.41) is 2.56. The lowest BCUT2D eigenvalue weighted by Crippen LogP contribution is -1.99. The first-order valence-corrected chi connectivity index (χ1v) is 21.5. The van der Waals surface area contributed by atoms with Crippen LogP contribution in [0.5, 0.6) is 0 Å². The molecule has 1 aromatic heterocycles. The van der Waals surface area contributed by atoms with Crippen molar-refractivity contribution >= 4 is 27.5 Å². The molecule has 0 bridgehead atoms. The summed E-state index contributed by atoms with van der Waals surface area (Å²) in [5.41, 5.74) is 16.4. The normalized spacial score (nSPS) is 20.2. The maximum atomic E-state index is 5.36. The van der Waals surface area contributed by atoms with Crippen LogP contribution in [0.15, 0.2) is 199 Å². The minimum atomic E-state index is 0. The number of benzene rings is 5. The van der Waals surface area contributed by atoms with Gasteiger partial charge in [0.15, 0.2) is 0 Å².